The number of aromatic amines is 1. The van der Waals surface area contributed by atoms with Gasteiger partial charge in [-0.2, -0.15) is 0 Å². The SMILES string of the molecule is OCCOc1ccc2nc(-c3cccnc3)[nH]c2c1. The van der Waals surface area contributed by atoms with Crippen molar-refractivity contribution in [2.45, 2.75) is 0 Å². The summed E-state index contributed by atoms with van der Waals surface area (Å²) in [5, 5.41) is 8.74. The van der Waals surface area contributed by atoms with Crippen LogP contribution in [0.2, 0.25) is 0 Å². The molecule has 3 rings (SSSR count). The third-order valence-corrected chi connectivity index (χ3v) is 2.75. The molecule has 0 radical (unpaired) electrons. The summed E-state index contributed by atoms with van der Waals surface area (Å²) in [6.07, 6.45) is 3.49. The molecule has 0 atom stereocenters. The molecule has 96 valence electrons. The molecule has 5 heteroatoms. The van der Waals surface area contributed by atoms with E-state index >= 15 is 0 Å². The van der Waals surface area contributed by atoms with Gasteiger partial charge in [0.15, 0.2) is 0 Å². The summed E-state index contributed by atoms with van der Waals surface area (Å²) in [6, 6.07) is 9.42. The summed E-state index contributed by atoms with van der Waals surface area (Å²) < 4.78 is 5.37. The monoisotopic (exact) mass is 255 g/mol. The molecule has 0 aliphatic rings. The predicted molar refractivity (Wildman–Crippen MR) is 71.9 cm³/mol. The van der Waals surface area contributed by atoms with Crippen molar-refractivity contribution in [1.29, 1.82) is 0 Å². The van der Waals surface area contributed by atoms with Gasteiger partial charge < -0.3 is 14.8 Å². The topological polar surface area (TPSA) is 71.0 Å². The highest BCUT2D eigenvalue weighted by Gasteiger charge is 2.06. The summed E-state index contributed by atoms with van der Waals surface area (Å²) in [6.45, 7) is 0.289. The average molecular weight is 255 g/mol. The number of pyridine rings is 1. The van der Waals surface area contributed by atoms with Gasteiger partial charge in [-0.05, 0) is 24.3 Å². The van der Waals surface area contributed by atoms with Crippen LogP contribution in [0.25, 0.3) is 22.4 Å². The molecule has 3 aromatic rings. The Hall–Kier alpha value is -2.40. The Kier molecular flexibility index (Phi) is 3.12. The van der Waals surface area contributed by atoms with E-state index in [1.165, 1.54) is 0 Å². The molecule has 2 heterocycles. The highest BCUT2D eigenvalue weighted by molar-refractivity contribution is 5.80. The molecule has 2 N–H and O–H groups in total. The van der Waals surface area contributed by atoms with Crippen molar-refractivity contribution in [1.82, 2.24) is 15.0 Å². The number of fused-ring (bicyclic) bond motifs is 1. The Morgan fingerprint density at radius 3 is 3.00 bits per heavy atom. The Morgan fingerprint density at radius 1 is 1.26 bits per heavy atom. The number of benzene rings is 1. The number of aliphatic hydroxyl groups excluding tert-OH is 1. The number of hydrogen-bond acceptors (Lipinski definition) is 4. The first kappa shape index (κ1) is 11.7. The molecule has 0 bridgehead atoms. The smallest absolute Gasteiger partial charge is 0.140 e. The van der Waals surface area contributed by atoms with Gasteiger partial charge in [0.25, 0.3) is 0 Å². The van der Waals surface area contributed by atoms with E-state index in [4.69, 9.17) is 9.84 Å². The standard InChI is InChI=1S/C14H13N3O2/c18-6-7-19-11-3-4-12-13(8-11)17-14(16-12)10-2-1-5-15-9-10/h1-5,8-9,18H,6-7H2,(H,16,17). The zero-order valence-electron chi connectivity index (χ0n) is 10.2. The summed E-state index contributed by atoms with van der Waals surface area (Å²) >= 11 is 0. The fourth-order valence-corrected chi connectivity index (χ4v) is 1.88. The van der Waals surface area contributed by atoms with Crippen LogP contribution >= 0.6 is 0 Å². The molecule has 0 aliphatic heterocycles. The number of H-pyrrole nitrogens is 1. The van der Waals surface area contributed by atoms with E-state index in [0.717, 1.165) is 22.4 Å². The molecule has 0 saturated heterocycles. The van der Waals surface area contributed by atoms with Gasteiger partial charge in [-0.3, -0.25) is 4.98 Å². The number of aliphatic hydroxyl groups is 1. The molecule has 0 spiro atoms. The molecule has 0 saturated carbocycles. The Labute approximate surface area is 109 Å². The first-order chi connectivity index (χ1) is 9.36. The van der Waals surface area contributed by atoms with Crippen molar-refractivity contribution in [3.8, 4) is 17.1 Å². The first-order valence-electron chi connectivity index (χ1n) is 6.00. The van der Waals surface area contributed by atoms with Gasteiger partial charge in [0.05, 0.1) is 17.6 Å². The van der Waals surface area contributed by atoms with Crippen LogP contribution in [0.4, 0.5) is 0 Å². The van der Waals surface area contributed by atoms with E-state index in [2.05, 4.69) is 15.0 Å². The lowest BCUT2D eigenvalue weighted by Gasteiger charge is -2.02. The van der Waals surface area contributed by atoms with Gasteiger partial charge in [-0.1, -0.05) is 0 Å². The minimum Gasteiger partial charge on any atom is -0.491 e. The number of hydrogen-bond donors (Lipinski definition) is 2. The van der Waals surface area contributed by atoms with Crippen LogP contribution in [0.15, 0.2) is 42.7 Å². The predicted octanol–water partition coefficient (Wildman–Crippen LogP) is 2.00. The zero-order chi connectivity index (χ0) is 13.1. The van der Waals surface area contributed by atoms with Crippen LogP contribution in [-0.4, -0.2) is 33.3 Å². The lowest BCUT2D eigenvalue weighted by molar-refractivity contribution is 0.201. The first-order valence-corrected chi connectivity index (χ1v) is 6.00. The summed E-state index contributed by atoms with van der Waals surface area (Å²) in [5.41, 5.74) is 2.71. The summed E-state index contributed by atoms with van der Waals surface area (Å²) in [4.78, 5) is 11.8. The van der Waals surface area contributed by atoms with Gasteiger partial charge >= 0.3 is 0 Å². The Bertz CT molecular complexity index is 679. The minimum absolute atomic E-state index is 0.00193. The molecule has 0 amide bonds. The van der Waals surface area contributed by atoms with Gasteiger partial charge in [0, 0.05) is 24.0 Å². The van der Waals surface area contributed by atoms with E-state index < -0.39 is 0 Å². The lowest BCUT2D eigenvalue weighted by Crippen LogP contribution is -2.01. The number of aromatic nitrogens is 3. The maximum atomic E-state index is 8.74. The van der Waals surface area contributed by atoms with E-state index in [9.17, 15) is 0 Å². The minimum atomic E-state index is 0.00193. The molecule has 0 unspecified atom stereocenters. The van der Waals surface area contributed by atoms with Gasteiger partial charge in [-0.25, -0.2) is 4.98 Å². The van der Waals surface area contributed by atoms with Crippen molar-refractivity contribution >= 4 is 11.0 Å². The number of imidazole rings is 1. The summed E-state index contributed by atoms with van der Waals surface area (Å²) in [5.74, 6) is 1.49. The van der Waals surface area contributed by atoms with E-state index in [-0.39, 0.29) is 13.2 Å². The van der Waals surface area contributed by atoms with E-state index in [1.54, 1.807) is 12.4 Å². The molecule has 5 nitrogen and oxygen atoms in total. The molecule has 2 aromatic heterocycles. The molecule has 1 aromatic carbocycles. The molecular weight excluding hydrogens is 242 g/mol. The van der Waals surface area contributed by atoms with Gasteiger partial charge in [0.2, 0.25) is 0 Å². The largest absolute Gasteiger partial charge is 0.491 e. The molecule has 19 heavy (non-hydrogen) atoms. The molecule has 0 aliphatic carbocycles. The quantitative estimate of drug-likeness (QED) is 0.748. The van der Waals surface area contributed by atoms with Crippen molar-refractivity contribution in [2.75, 3.05) is 13.2 Å². The van der Waals surface area contributed by atoms with Crippen molar-refractivity contribution in [3.63, 3.8) is 0 Å². The average Bonchev–Trinajstić information content (AvgIpc) is 2.89. The fraction of sp³-hybridized carbons (Fsp3) is 0.143. The van der Waals surface area contributed by atoms with Gasteiger partial charge in [-0.15, -0.1) is 0 Å². The maximum Gasteiger partial charge on any atom is 0.140 e. The zero-order valence-corrected chi connectivity index (χ0v) is 10.2. The summed E-state index contributed by atoms with van der Waals surface area (Å²) in [7, 11) is 0. The Balaban J connectivity index is 1.97. The fourth-order valence-electron chi connectivity index (χ4n) is 1.88. The van der Waals surface area contributed by atoms with E-state index in [1.807, 2.05) is 30.3 Å². The normalized spacial score (nSPS) is 10.8. The number of nitrogens with one attached hydrogen (secondary N) is 1. The maximum absolute atomic E-state index is 8.74. The van der Waals surface area contributed by atoms with Crippen LogP contribution < -0.4 is 4.74 Å². The number of ether oxygens (including phenoxy) is 1. The van der Waals surface area contributed by atoms with E-state index in [0.29, 0.717) is 5.75 Å². The second-order valence-corrected chi connectivity index (χ2v) is 4.08. The number of rotatable bonds is 4. The molecular formula is C14H13N3O2. The van der Waals surface area contributed by atoms with Crippen LogP contribution in [0.3, 0.4) is 0 Å². The van der Waals surface area contributed by atoms with Crippen LogP contribution in [0.1, 0.15) is 0 Å². The third-order valence-electron chi connectivity index (χ3n) is 2.75. The lowest BCUT2D eigenvalue weighted by atomic mass is 10.3. The van der Waals surface area contributed by atoms with Crippen LogP contribution in [-0.2, 0) is 0 Å². The van der Waals surface area contributed by atoms with Crippen LogP contribution in [0, 0.1) is 0 Å². The van der Waals surface area contributed by atoms with Crippen LogP contribution in [0.5, 0.6) is 5.75 Å². The van der Waals surface area contributed by atoms with Gasteiger partial charge in [0.1, 0.15) is 18.2 Å². The van der Waals surface area contributed by atoms with Crippen molar-refractivity contribution in [2.24, 2.45) is 0 Å². The second-order valence-electron chi connectivity index (χ2n) is 4.08. The third kappa shape index (κ3) is 2.41. The highest BCUT2D eigenvalue weighted by atomic mass is 16.5. The molecule has 0 fully saturated rings. The second kappa shape index (κ2) is 5.07. The van der Waals surface area contributed by atoms with Crippen molar-refractivity contribution in [3.05, 3.63) is 42.7 Å². The number of nitrogens with zero attached hydrogens (tertiary/aromatic N) is 2. The Morgan fingerprint density at radius 2 is 2.21 bits per heavy atom. The highest BCUT2D eigenvalue weighted by Crippen LogP contribution is 2.23. The van der Waals surface area contributed by atoms with Crippen molar-refractivity contribution < 1.29 is 9.84 Å².